The van der Waals surface area contributed by atoms with Crippen LogP contribution >= 0.6 is 0 Å². The minimum atomic E-state index is -0.338. The maximum atomic E-state index is 9.99. The molecule has 0 aliphatic heterocycles. The second kappa shape index (κ2) is 4.74. The van der Waals surface area contributed by atoms with E-state index < -0.39 is 0 Å². The normalized spacial score (nSPS) is 11.6. The molecule has 16 heavy (non-hydrogen) atoms. The Labute approximate surface area is 97.2 Å². The number of ether oxygens (including phenoxy) is 1. The van der Waals surface area contributed by atoms with Gasteiger partial charge >= 0.3 is 0 Å². The third-order valence-corrected chi connectivity index (χ3v) is 2.49. The smallest absolute Gasteiger partial charge is 0.161 e. The van der Waals surface area contributed by atoms with Crippen molar-refractivity contribution in [3.05, 3.63) is 23.3 Å². The van der Waals surface area contributed by atoms with Gasteiger partial charge in [0.25, 0.3) is 0 Å². The van der Waals surface area contributed by atoms with E-state index >= 15 is 0 Å². The highest BCUT2D eigenvalue weighted by Gasteiger charge is 2.17. The molecule has 0 aromatic heterocycles. The minimum Gasteiger partial charge on any atom is -0.504 e. The van der Waals surface area contributed by atoms with Gasteiger partial charge in [0.2, 0.25) is 0 Å². The van der Waals surface area contributed by atoms with Crippen molar-refractivity contribution in [2.75, 3.05) is 7.11 Å². The molecule has 0 aliphatic rings. The van der Waals surface area contributed by atoms with Gasteiger partial charge < -0.3 is 15.6 Å². The summed E-state index contributed by atoms with van der Waals surface area (Å²) in [5.74, 6) is 0.733. The van der Waals surface area contributed by atoms with E-state index in [1.807, 2.05) is 26.0 Å². The minimum absolute atomic E-state index is 0.207. The molecule has 0 unspecified atom stereocenters. The molecule has 0 atom stereocenters. The van der Waals surface area contributed by atoms with Gasteiger partial charge in [-0.05, 0) is 43.9 Å². The van der Waals surface area contributed by atoms with Crippen LogP contribution in [0.2, 0.25) is 0 Å². The third-order valence-electron chi connectivity index (χ3n) is 2.49. The van der Waals surface area contributed by atoms with Crippen molar-refractivity contribution in [1.82, 2.24) is 0 Å². The summed E-state index contributed by atoms with van der Waals surface area (Å²) < 4.78 is 5.15. The fraction of sp³-hybridized carbons (Fsp3) is 0.538. The number of phenolic OH excluding ortho intramolecular Hbond substituents is 1. The Morgan fingerprint density at radius 3 is 2.44 bits per heavy atom. The number of methoxy groups -OCH3 is 1. The molecule has 0 radical (unpaired) electrons. The Morgan fingerprint density at radius 2 is 2.00 bits per heavy atom. The second-order valence-electron chi connectivity index (χ2n) is 4.82. The van der Waals surface area contributed by atoms with Gasteiger partial charge in [-0.25, -0.2) is 0 Å². The molecule has 0 bridgehead atoms. The summed E-state index contributed by atoms with van der Waals surface area (Å²) in [5.41, 5.74) is 7.63. The molecule has 1 aromatic carbocycles. The Balaban J connectivity index is 3.16. The first-order valence-electron chi connectivity index (χ1n) is 5.55. The molecule has 1 rings (SSSR count). The molecule has 0 aliphatic carbocycles. The molecular formula is C13H21NO2. The van der Waals surface area contributed by atoms with E-state index in [9.17, 15) is 5.11 Å². The highest BCUT2D eigenvalue weighted by atomic mass is 16.5. The Hall–Kier alpha value is -1.22. The standard InChI is InChI=1S/C13H21NO2/c1-5-9-6-10(8-13(2,3)14)12(15)11(7-9)16-4/h6-7,15H,5,8,14H2,1-4H3. The van der Waals surface area contributed by atoms with Crippen molar-refractivity contribution in [3.8, 4) is 11.5 Å². The zero-order valence-electron chi connectivity index (χ0n) is 10.5. The third kappa shape index (κ3) is 3.14. The van der Waals surface area contributed by atoms with Crippen LogP contribution in [0.15, 0.2) is 12.1 Å². The lowest BCUT2D eigenvalue weighted by Gasteiger charge is -2.20. The van der Waals surface area contributed by atoms with Crippen molar-refractivity contribution >= 4 is 0 Å². The summed E-state index contributed by atoms with van der Waals surface area (Å²) in [6, 6.07) is 3.86. The summed E-state index contributed by atoms with van der Waals surface area (Å²) in [6.45, 7) is 5.96. The average Bonchev–Trinajstić information content (AvgIpc) is 2.19. The molecule has 0 amide bonds. The first-order chi connectivity index (χ1) is 7.37. The molecule has 0 saturated heterocycles. The molecule has 3 N–H and O–H groups in total. The molecular weight excluding hydrogens is 202 g/mol. The monoisotopic (exact) mass is 223 g/mol. The molecule has 3 nitrogen and oxygen atoms in total. The van der Waals surface area contributed by atoms with Crippen LogP contribution in [0.5, 0.6) is 11.5 Å². The molecule has 0 spiro atoms. The summed E-state index contributed by atoms with van der Waals surface area (Å²) in [4.78, 5) is 0. The van der Waals surface area contributed by atoms with Gasteiger partial charge in [0, 0.05) is 5.54 Å². The van der Waals surface area contributed by atoms with Crippen LogP contribution in [-0.4, -0.2) is 17.8 Å². The average molecular weight is 223 g/mol. The predicted octanol–water partition coefficient (Wildman–Crippen LogP) is 2.24. The van der Waals surface area contributed by atoms with Crippen LogP contribution in [0, 0.1) is 0 Å². The molecule has 3 heteroatoms. The lowest BCUT2D eigenvalue weighted by molar-refractivity contribution is 0.367. The van der Waals surface area contributed by atoms with Gasteiger partial charge in [-0.3, -0.25) is 0 Å². The highest BCUT2D eigenvalue weighted by Crippen LogP contribution is 2.33. The van der Waals surface area contributed by atoms with E-state index in [0.717, 1.165) is 17.5 Å². The van der Waals surface area contributed by atoms with Crippen LogP contribution in [0.25, 0.3) is 0 Å². The van der Waals surface area contributed by atoms with Crippen molar-refractivity contribution < 1.29 is 9.84 Å². The SMILES string of the molecule is CCc1cc(CC(C)(C)N)c(O)c(OC)c1. The van der Waals surface area contributed by atoms with E-state index in [4.69, 9.17) is 10.5 Å². The highest BCUT2D eigenvalue weighted by molar-refractivity contribution is 5.49. The first kappa shape index (κ1) is 12.8. The molecule has 1 aromatic rings. The Bertz CT molecular complexity index is 367. The van der Waals surface area contributed by atoms with E-state index in [1.54, 1.807) is 7.11 Å². The maximum absolute atomic E-state index is 9.99. The number of phenols is 1. The number of aromatic hydroxyl groups is 1. The second-order valence-corrected chi connectivity index (χ2v) is 4.82. The van der Waals surface area contributed by atoms with Crippen LogP contribution in [0.4, 0.5) is 0 Å². The summed E-state index contributed by atoms with van der Waals surface area (Å²) in [6.07, 6.45) is 1.54. The lowest BCUT2D eigenvalue weighted by atomic mass is 9.93. The lowest BCUT2D eigenvalue weighted by Crippen LogP contribution is -2.34. The summed E-state index contributed by atoms with van der Waals surface area (Å²) >= 11 is 0. The largest absolute Gasteiger partial charge is 0.504 e. The van der Waals surface area contributed by atoms with Gasteiger partial charge in [-0.2, -0.15) is 0 Å². The Morgan fingerprint density at radius 1 is 1.38 bits per heavy atom. The predicted molar refractivity (Wildman–Crippen MR) is 66.0 cm³/mol. The van der Waals surface area contributed by atoms with Crippen LogP contribution in [0.1, 0.15) is 31.9 Å². The number of aryl methyl sites for hydroxylation is 1. The number of nitrogens with two attached hydrogens (primary N) is 1. The molecule has 0 heterocycles. The fourth-order valence-electron chi connectivity index (χ4n) is 1.71. The van der Waals surface area contributed by atoms with Crippen LogP contribution in [0.3, 0.4) is 0 Å². The van der Waals surface area contributed by atoms with E-state index in [-0.39, 0.29) is 11.3 Å². The Kier molecular flexibility index (Phi) is 3.81. The maximum Gasteiger partial charge on any atom is 0.161 e. The van der Waals surface area contributed by atoms with Gasteiger partial charge in [0.1, 0.15) is 0 Å². The molecule has 0 fully saturated rings. The number of hydrogen-bond acceptors (Lipinski definition) is 3. The van der Waals surface area contributed by atoms with E-state index in [1.165, 1.54) is 0 Å². The van der Waals surface area contributed by atoms with Crippen LogP contribution < -0.4 is 10.5 Å². The van der Waals surface area contributed by atoms with Gasteiger partial charge in [0.05, 0.1) is 7.11 Å². The topological polar surface area (TPSA) is 55.5 Å². The zero-order valence-corrected chi connectivity index (χ0v) is 10.5. The number of rotatable bonds is 4. The molecule has 0 saturated carbocycles. The van der Waals surface area contributed by atoms with Crippen molar-refractivity contribution in [1.29, 1.82) is 0 Å². The summed E-state index contributed by atoms with van der Waals surface area (Å²) in [7, 11) is 1.56. The van der Waals surface area contributed by atoms with Crippen molar-refractivity contribution in [2.24, 2.45) is 5.73 Å². The van der Waals surface area contributed by atoms with Gasteiger partial charge in [0.15, 0.2) is 11.5 Å². The zero-order chi connectivity index (χ0) is 12.3. The van der Waals surface area contributed by atoms with Crippen molar-refractivity contribution in [3.63, 3.8) is 0 Å². The first-order valence-corrected chi connectivity index (χ1v) is 5.55. The van der Waals surface area contributed by atoms with Crippen molar-refractivity contribution in [2.45, 2.75) is 39.2 Å². The van der Waals surface area contributed by atoms with E-state index in [0.29, 0.717) is 12.2 Å². The summed E-state index contributed by atoms with van der Waals surface area (Å²) in [5, 5.41) is 9.99. The van der Waals surface area contributed by atoms with Crippen LogP contribution in [-0.2, 0) is 12.8 Å². The number of benzene rings is 1. The quantitative estimate of drug-likeness (QED) is 0.823. The van der Waals surface area contributed by atoms with E-state index in [2.05, 4.69) is 6.92 Å². The number of hydrogen-bond donors (Lipinski definition) is 2. The van der Waals surface area contributed by atoms with Gasteiger partial charge in [-0.15, -0.1) is 0 Å². The molecule has 90 valence electrons. The fourth-order valence-corrected chi connectivity index (χ4v) is 1.71. The van der Waals surface area contributed by atoms with Gasteiger partial charge in [-0.1, -0.05) is 13.0 Å².